The fraction of sp³-hybridized carbons (Fsp3) is 0.364. The summed E-state index contributed by atoms with van der Waals surface area (Å²) in [6.45, 7) is 12.5. The van der Waals surface area contributed by atoms with Crippen LogP contribution in [0.1, 0.15) is 75.8 Å². The number of esters is 1. The molecule has 1 N–H and O–H groups in total. The molecular weight excluding hydrogens is 520 g/mol. The summed E-state index contributed by atoms with van der Waals surface area (Å²) in [4.78, 5) is 29.7. The van der Waals surface area contributed by atoms with Crippen LogP contribution < -0.4 is 10.1 Å². The van der Waals surface area contributed by atoms with Gasteiger partial charge in [-0.05, 0) is 73.6 Å². The first kappa shape index (κ1) is 30.8. The first-order valence-electron chi connectivity index (χ1n) is 13.6. The summed E-state index contributed by atoms with van der Waals surface area (Å²) in [7, 11) is 0. The number of benzene rings is 2. The molecule has 2 aromatic carbocycles. The summed E-state index contributed by atoms with van der Waals surface area (Å²) in [5, 5.41) is 6.01. The molecule has 40 heavy (non-hydrogen) atoms. The molecule has 0 bridgehead atoms. The topological polar surface area (TPSA) is 77.5 Å². The number of amides is 1. The van der Waals surface area contributed by atoms with Crippen LogP contribution in [0.2, 0.25) is 0 Å². The number of carbonyl (C=O) groups is 2. The van der Waals surface area contributed by atoms with Crippen LogP contribution in [0.25, 0.3) is 6.08 Å². The molecule has 0 unspecified atom stereocenters. The number of nitrogens with one attached hydrogen (secondary N) is 1. The van der Waals surface area contributed by atoms with E-state index in [2.05, 4.69) is 26.1 Å². The maximum atomic E-state index is 12.9. The lowest BCUT2D eigenvalue weighted by molar-refractivity contribution is -0.138. The van der Waals surface area contributed by atoms with Crippen LogP contribution in [-0.2, 0) is 27.4 Å². The molecule has 0 aliphatic rings. The predicted octanol–water partition coefficient (Wildman–Crippen LogP) is 7.47. The fourth-order valence-electron chi connectivity index (χ4n) is 4.07. The lowest BCUT2D eigenvalue weighted by Gasteiger charge is -2.21. The van der Waals surface area contributed by atoms with E-state index >= 15 is 0 Å². The van der Waals surface area contributed by atoms with E-state index in [0.29, 0.717) is 31.6 Å². The lowest BCUT2D eigenvalue weighted by Crippen LogP contribution is -2.32. The SMILES string of the molecule is CCOC(=O)C(C)=CC(C)=Cc1csc([C@H](Cc2ccc(OCc3ccccc3)cc2)NC(=O)CC(C)(C)C)n1. The Bertz CT molecular complexity index is 1320. The van der Waals surface area contributed by atoms with Gasteiger partial charge in [0.15, 0.2) is 0 Å². The highest BCUT2D eigenvalue weighted by molar-refractivity contribution is 7.09. The Morgan fingerprint density at radius 1 is 1.02 bits per heavy atom. The molecule has 0 saturated heterocycles. The van der Waals surface area contributed by atoms with Gasteiger partial charge in [-0.15, -0.1) is 11.3 Å². The smallest absolute Gasteiger partial charge is 0.333 e. The average molecular weight is 561 g/mol. The number of thiazole rings is 1. The van der Waals surface area contributed by atoms with Crippen molar-refractivity contribution in [2.45, 2.75) is 67.0 Å². The van der Waals surface area contributed by atoms with E-state index in [-0.39, 0.29) is 23.3 Å². The van der Waals surface area contributed by atoms with Gasteiger partial charge in [-0.25, -0.2) is 9.78 Å². The molecule has 3 aromatic rings. The monoisotopic (exact) mass is 560 g/mol. The van der Waals surface area contributed by atoms with Crippen molar-refractivity contribution in [3.05, 3.63) is 99.0 Å². The molecule has 0 aliphatic heterocycles. The van der Waals surface area contributed by atoms with Gasteiger partial charge in [0.2, 0.25) is 5.91 Å². The van der Waals surface area contributed by atoms with Crippen molar-refractivity contribution in [3.8, 4) is 5.75 Å². The molecule has 1 heterocycles. The Kier molecular flexibility index (Phi) is 11.3. The number of nitrogens with zero attached hydrogens (tertiary/aromatic N) is 1. The molecule has 1 amide bonds. The van der Waals surface area contributed by atoms with Crippen LogP contribution in [0, 0.1) is 5.41 Å². The van der Waals surface area contributed by atoms with Gasteiger partial charge in [0.1, 0.15) is 17.4 Å². The third-order valence-corrected chi connectivity index (χ3v) is 6.87. The number of ether oxygens (including phenoxy) is 2. The molecule has 0 aliphatic carbocycles. The Hall–Kier alpha value is -3.71. The Balaban J connectivity index is 1.75. The quantitative estimate of drug-likeness (QED) is 0.141. The molecule has 6 nitrogen and oxygen atoms in total. The molecule has 0 radical (unpaired) electrons. The normalized spacial score (nSPS) is 13.1. The molecule has 7 heteroatoms. The molecule has 1 atom stereocenters. The number of carbonyl (C=O) groups excluding carboxylic acids is 2. The van der Waals surface area contributed by atoms with Gasteiger partial charge in [-0.2, -0.15) is 0 Å². The minimum Gasteiger partial charge on any atom is -0.489 e. The van der Waals surface area contributed by atoms with Gasteiger partial charge < -0.3 is 14.8 Å². The fourth-order valence-corrected chi connectivity index (χ4v) is 4.90. The zero-order valence-corrected chi connectivity index (χ0v) is 25.1. The van der Waals surface area contributed by atoms with Gasteiger partial charge in [0.05, 0.1) is 18.3 Å². The highest BCUT2D eigenvalue weighted by Gasteiger charge is 2.22. The average Bonchev–Trinajstić information content (AvgIpc) is 3.35. The highest BCUT2D eigenvalue weighted by atomic mass is 32.1. The van der Waals surface area contributed by atoms with Crippen molar-refractivity contribution in [1.82, 2.24) is 10.3 Å². The Labute approximate surface area is 242 Å². The summed E-state index contributed by atoms with van der Waals surface area (Å²) in [5.41, 5.74) is 4.28. The van der Waals surface area contributed by atoms with E-state index < -0.39 is 0 Å². The van der Waals surface area contributed by atoms with E-state index in [0.717, 1.165) is 33.2 Å². The van der Waals surface area contributed by atoms with Crippen molar-refractivity contribution in [1.29, 1.82) is 0 Å². The van der Waals surface area contributed by atoms with Crippen molar-refractivity contribution < 1.29 is 19.1 Å². The van der Waals surface area contributed by atoms with Crippen LogP contribution in [0.4, 0.5) is 0 Å². The van der Waals surface area contributed by atoms with Crippen molar-refractivity contribution in [2.24, 2.45) is 5.41 Å². The largest absolute Gasteiger partial charge is 0.489 e. The molecule has 0 saturated carbocycles. The first-order valence-corrected chi connectivity index (χ1v) is 14.4. The summed E-state index contributed by atoms with van der Waals surface area (Å²) in [5.74, 6) is 0.466. The van der Waals surface area contributed by atoms with Gasteiger partial charge in [0.25, 0.3) is 0 Å². The summed E-state index contributed by atoms with van der Waals surface area (Å²) < 4.78 is 11.0. The number of allylic oxidation sites excluding steroid dienone is 2. The van der Waals surface area contributed by atoms with E-state index in [4.69, 9.17) is 14.5 Å². The Morgan fingerprint density at radius 3 is 2.38 bits per heavy atom. The van der Waals surface area contributed by atoms with Gasteiger partial charge in [-0.1, -0.05) is 63.2 Å². The maximum Gasteiger partial charge on any atom is 0.333 e. The van der Waals surface area contributed by atoms with Crippen LogP contribution in [0.15, 0.2) is 77.2 Å². The second-order valence-corrected chi connectivity index (χ2v) is 11.9. The van der Waals surface area contributed by atoms with Crippen LogP contribution in [-0.4, -0.2) is 23.5 Å². The van der Waals surface area contributed by atoms with E-state index in [1.807, 2.05) is 73.0 Å². The summed E-state index contributed by atoms with van der Waals surface area (Å²) in [6.07, 6.45) is 4.74. The molecule has 212 valence electrons. The number of hydrogen-bond acceptors (Lipinski definition) is 6. The van der Waals surface area contributed by atoms with E-state index in [1.165, 1.54) is 11.3 Å². The Morgan fingerprint density at radius 2 is 1.73 bits per heavy atom. The predicted molar refractivity (Wildman–Crippen MR) is 162 cm³/mol. The zero-order valence-electron chi connectivity index (χ0n) is 24.3. The highest BCUT2D eigenvalue weighted by Crippen LogP contribution is 2.26. The van der Waals surface area contributed by atoms with Crippen LogP contribution in [0.3, 0.4) is 0 Å². The maximum absolute atomic E-state index is 12.9. The molecule has 0 spiro atoms. The van der Waals surface area contributed by atoms with Gasteiger partial charge >= 0.3 is 5.97 Å². The van der Waals surface area contributed by atoms with E-state index in [9.17, 15) is 9.59 Å². The third kappa shape index (κ3) is 10.5. The summed E-state index contributed by atoms with van der Waals surface area (Å²) in [6, 6.07) is 17.8. The third-order valence-electron chi connectivity index (χ3n) is 5.89. The number of aromatic nitrogens is 1. The first-order chi connectivity index (χ1) is 19.0. The molecule has 3 rings (SSSR count). The van der Waals surface area contributed by atoms with Gasteiger partial charge in [-0.3, -0.25) is 4.79 Å². The minimum atomic E-state index is -0.327. The van der Waals surface area contributed by atoms with E-state index in [1.54, 1.807) is 19.9 Å². The van der Waals surface area contributed by atoms with Crippen LogP contribution in [0.5, 0.6) is 5.75 Å². The minimum absolute atomic E-state index is 0.00298. The van der Waals surface area contributed by atoms with Crippen molar-refractivity contribution in [2.75, 3.05) is 6.61 Å². The number of hydrogen-bond donors (Lipinski definition) is 1. The zero-order chi connectivity index (χ0) is 29.1. The second kappa shape index (κ2) is 14.6. The molecule has 0 fully saturated rings. The standard InChI is InChI=1S/C33H40N2O4S/c1-7-38-32(37)24(3)17-23(2)18-27-22-40-31(34-27)29(35-30(36)20-33(4,5)6)19-25-13-15-28(16-14-25)39-21-26-11-9-8-10-12-26/h8-18,22,29H,7,19-21H2,1-6H3,(H,35,36)/t29-/m0/s1. The lowest BCUT2D eigenvalue weighted by atomic mass is 9.91. The molecular formula is C33H40N2O4S. The van der Waals surface area contributed by atoms with Crippen molar-refractivity contribution >= 4 is 29.3 Å². The van der Waals surface area contributed by atoms with Crippen LogP contribution >= 0.6 is 11.3 Å². The van der Waals surface area contributed by atoms with Gasteiger partial charge in [0, 0.05) is 17.4 Å². The number of rotatable bonds is 12. The summed E-state index contributed by atoms with van der Waals surface area (Å²) >= 11 is 1.51. The second-order valence-electron chi connectivity index (χ2n) is 11.0. The molecule has 1 aromatic heterocycles. The van der Waals surface area contributed by atoms with Crippen molar-refractivity contribution in [3.63, 3.8) is 0 Å².